The first-order valence-electron chi connectivity index (χ1n) is 6.77. The van der Waals surface area contributed by atoms with Crippen molar-refractivity contribution in [3.8, 4) is 17.6 Å². The number of carbonyl (C=O) groups is 1. The molecule has 0 bridgehead atoms. The van der Waals surface area contributed by atoms with E-state index >= 15 is 0 Å². The molecule has 2 aromatic carbocycles. The molecule has 23 heavy (non-hydrogen) atoms. The molecule has 0 spiro atoms. The van der Waals surface area contributed by atoms with Gasteiger partial charge >= 0.3 is 0 Å². The number of amides is 1. The third-order valence-electron chi connectivity index (χ3n) is 3.23. The van der Waals surface area contributed by atoms with Crippen molar-refractivity contribution in [2.24, 2.45) is 0 Å². The summed E-state index contributed by atoms with van der Waals surface area (Å²) in [6.45, 7) is 0. The Hall–Kier alpha value is -2.71. The second kappa shape index (κ2) is 7.52. The molecule has 0 saturated heterocycles. The summed E-state index contributed by atoms with van der Waals surface area (Å²) in [5, 5.41) is 12.5. The van der Waals surface area contributed by atoms with Gasteiger partial charge in [-0.3, -0.25) is 4.79 Å². The van der Waals surface area contributed by atoms with Gasteiger partial charge in [0.05, 0.1) is 25.9 Å². The summed E-state index contributed by atoms with van der Waals surface area (Å²) < 4.78 is 10.4. The Morgan fingerprint density at radius 2 is 1.96 bits per heavy atom. The lowest BCUT2D eigenvalue weighted by Crippen LogP contribution is -2.28. The van der Waals surface area contributed by atoms with Gasteiger partial charge in [-0.15, -0.1) is 0 Å². The summed E-state index contributed by atoms with van der Waals surface area (Å²) in [6.07, 6.45) is 0. The molecular weight excluding hydrogens is 316 g/mol. The lowest BCUT2D eigenvalue weighted by atomic mass is 10.1. The Morgan fingerprint density at radius 1 is 1.22 bits per heavy atom. The lowest BCUT2D eigenvalue weighted by molar-refractivity contribution is 0.0941. The highest BCUT2D eigenvalue weighted by atomic mass is 35.5. The van der Waals surface area contributed by atoms with Crippen LogP contribution in [-0.4, -0.2) is 20.1 Å². The summed E-state index contributed by atoms with van der Waals surface area (Å²) in [5.41, 5.74) is 0.893. The fourth-order valence-corrected chi connectivity index (χ4v) is 2.35. The highest BCUT2D eigenvalue weighted by molar-refractivity contribution is 6.30. The zero-order valence-corrected chi connectivity index (χ0v) is 13.4. The van der Waals surface area contributed by atoms with Gasteiger partial charge in [0, 0.05) is 5.02 Å². The standard InChI is InChI=1S/C17H15ClN2O3/c1-22-15-8-4-7-13(16(15)23-2)17(21)20-14(10-19)11-5-3-6-12(18)9-11/h3-9,14H,1-2H3,(H,20,21)/t14-/m0/s1. The summed E-state index contributed by atoms with van der Waals surface area (Å²) in [4.78, 5) is 12.5. The fourth-order valence-electron chi connectivity index (χ4n) is 2.15. The Kier molecular flexibility index (Phi) is 5.45. The van der Waals surface area contributed by atoms with Crippen LogP contribution in [0.4, 0.5) is 0 Å². The molecule has 0 aliphatic heterocycles. The molecule has 0 saturated carbocycles. The van der Waals surface area contributed by atoms with Crippen LogP contribution in [0.15, 0.2) is 42.5 Å². The number of benzene rings is 2. The number of halogens is 1. The van der Waals surface area contributed by atoms with Crippen LogP contribution in [0.1, 0.15) is 22.0 Å². The number of nitrogens with one attached hydrogen (secondary N) is 1. The van der Waals surface area contributed by atoms with E-state index in [1.807, 2.05) is 6.07 Å². The summed E-state index contributed by atoms with van der Waals surface area (Å²) in [5.74, 6) is 0.318. The van der Waals surface area contributed by atoms with Gasteiger partial charge in [-0.25, -0.2) is 0 Å². The molecular formula is C17H15ClN2O3. The largest absolute Gasteiger partial charge is 0.493 e. The molecule has 1 amide bonds. The number of rotatable bonds is 5. The molecule has 118 valence electrons. The van der Waals surface area contributed by atoms with Gasteiger partial charge in [-0.05, 0) is 29.8 Å². The molecule has 2 rings (SSSR count). The Morgan fingerprint density at radius 3 is 2.57 bits per heavy atom. The third kappa shape index (κ3) is 3.74. The molecule has 0 aliphatic rings. The Balaban J connectivity index is 2.29. The molecule has 2 aromatic rings. The van der Waals surface area contributed by atoms with Gasteiger partial charge in [0.1, 0.15) is 6.04 Å². The van der Waals surface area contributed by atoms with Crippen molar-refractivity contribution in [1.29, 1.82) is 5.26 Å². The fraction of sp³-hybridized carbons (Fsp3) is 0.176. The molecule has 5 nitrogen and oxygen atoms in total. The van der Waals surface area contributed by atoms with Crippen LogP contribution < -0.4 is 14.8 Å². The predicted octanol–water partition coefficient (Wildman–Crippen LogP) is 3.35. The van der Waals surface area contributed by atoms with E-state index in [1.165, 1.54) is 14.2 Å². The van der Waals surface area contributed by atoms with Crippen LogP contribution in [-0.2, 0) is 0 Å². The van der Waals surface area contributed by atoms with Crippen LogP contribution in [0, 0.1) is 11.3 Å². The maximum absolute atomic E-state index is 12.5. The normalized spacial score (nSPS) is 11.2. The van der Waals surface area contributed by atoms with Crippen molar-refractivity contribution in [3.05, 3.63) is 58.6 Å². The minimum absolute atomic E-state index is 0.286. The van der Waals surface area contributed by atoms with Crippen LogP contribution in [0.25, 0.3) is 0 Å². The molecule has 0 radical (unpaired) electrons. The molecule has 0 fully saturated rings. The Bertz CT molecular complexity index is 756. The smallest absolute Gasteiger partial charge is 0.256 e. The average Bonchev–Trinajstić information content (AvgIpc) is 2.58. The summed E-state index contributed by atoms with van der Waals surface area (Å²) in [6, 6.07) is 13.0. The second-order valence-electron chi connectivity index (χ2n) is 4.63. The highest BCUT2D eigenvalue weighted by Gasteiger charge is 2.20. The number of ether oxygens (including phenoxy) is 2. The van der Waals surface area contributed by atoms with Crippen molar-refractivity contribution in [2.75, 3.05) is 14.2 Å². The maximum Gasteiger partial charge on any atom is 0.256 e. The van der Waals surface area contributed by atoms with Gasteiger partial charge in [0.15, 0.2) is 11.5 Å². The number of hydrogen-bond acceptors (Lipinski definition) is 4. The maximum atomic E-state index is 12.5. The molecule has 0 aromatic heterocycles. The van der Waals surface area contributed by atoms with Crippen LogP contribution in [0.2, 0.25) is 5.02 Å². The number of nitriles is 1. The van der Waals surface area contributed by atoms with Crippen LogP contribution in [0.3, 0.4) is 0 Å². The van der Waals surface area contributed by atoms with Gasteiger partial charge < -0.3 is 14.8 Å². The van der Waals surface area contributed by atoms with Gasteiger partial charge in [0.2, 0.25) is 0 Å². The first-order chi connectivity index (χ1) is 11.1. The molecule has 1 N–H and O–H groups in total. The monoisotopic (exact) mass is 330 g/mol. The summed E-state index contributed by atoms with van der Waals surface area (Å²) >= 11 is 5.93. The van der Waals surface area contributed by atoms with Crippen LogP contribution in [0.5, 0.6) is 11.5 Å². The van der Waals surface area contributed by atoms with E-state index in [0.29, 0.717) is 22.1 Å². The SMILES string of the molecule is COc1cccc(C(=O)N[C@@H](C#N)c2cccc(Cl)c2)c1OC. The first kappa shape index (κ1) is 16.7. The molecule has 6 heteroatoms. The topological polar surface area (TPSA) is 71.3 Å². The minimum Gasteiger partial charge on any atom is -0.493 e. The van der Waals surface area contributed by atoms with E-state index in [0.717, 1.165) is 0 Å². The van der Waals surface area contributed by atoms with Crippen molar-refractivity contribution in [3.63, 3.8) is 0 Å². The zero-order chi connectivity index (χ0) is 16.8. The van der Waals surface area contributed by atoms with Gasteiger partial charge in [-0.2, -0.15) is 5.26 Å². The quantitative estimate of drug-likeness (QED) is 0.912. The first-order valence-corrected chi connectivity index (χ1v) is 7.15. The van der Waals surface area contributed by atoms with E-state index in [2.05, 4.69) is 5.32 Å². The Labute approximate surface area is 139 Å². The number of hydrogen-bond donors (Lipinski definition) is 1. The van der Waals surface area contributed by atoms with E-state index in [1.54, 1.807) is 42.5 Å². The van der Waals surface area contributed by atoms with E-state index < -0.39 is 11.9 Å². The van der Waals surface area contributed by atoms with E-state index in [-0.39, 0.29) is 5.56 Å². The van der Waals surface area contributed by atoms with Crippen molar-refractivity contribution < 1.29 is 14.3 Å². The number of nitrogens with zero attached hydrogens (tertiary/aromatic N) is 1. The van der Waals surface area contributed by atoms with Crippen molar-refractivity contribution in [2.45, 2.75) is 6.04 Å². The van der Waals surface area contributed by atoms with Crippen LogP contribution >= 0.6 is 11.6 Å². The van der Waals surface area contributed by atoms with Gasteiger partial charge in [0.25, 0.3) is 5.91 Å². The highest BCUT2D eigenvalue weighted by Crippen LogP contribution is 2.31. The molecule has 0 aliphatic carbocycles. The molecule has 0 unspecified atom stereocenters. The number of carbonyl (C=O) groups excluding carboxylic acids is 1. The molecule has 1 atom stereocenters. The third-order valence-corrected chi connectivity index (χ3v) is 3.47. The van der Waals surface area contributed by atoms with E-state index in [4.69, 9.17) is 21.1 Å². The number of para-hydroxylation sites is 1. The van der Waals surface area contributed by atoms with E-state index in [9.17, 15) is 10.1 Å². The minimum atomic E-state index is -0.822. The van der Waals surface area contributed by atoms with Gasteiger partial charge in [-0.1, -0.05) is 29.8 Å². The van der Waals surface area contributed by atoms with Crippen molar-refractivity contribution >= 4 is 17.5 Å². The zero-order valence-electron chi connectivity index (χ0n) is 12.7. The second-order valence-corrected chi connectivity index (χ2v) is 5.07. The van der Waals surface area contributed by atoms with Crippen molar-refractivity contribution in [1.82, 2.24) is 5.32 Å². The predicted molar refractivity (Wildman–Crippen MR) is 86.8 cm³/mol. The average molecular weight is 331 g/mol. The molecule has 0 heterocycles. The number of methoxy groups -OCH3 is 2. The lowest BCUT2D eigenvalue weighted by Gasteiger charge is -2.15. The summed E-state index contributed by atoms with van der Waals surface area (Å²) in [7, 11) is 2.94.